The molecule has 0 aliphatic carbocycles. The van der Waals surface area contributed by atoms with Crippen molar-refractivity contribution in [2.24, 2.45) is 0 Å². The van der Waals surface area contributed by atoms with E-state index in [-0.39, 0.29) is 35.6 Å². The first kappa shape index (κ1) is 21.9. The number of carbonyl (C=O) groups is 1. The maximum Gasteiger partial charge on any atom is 0.414 e. The van der Waals surface area contributed by atoms with E-state index in [4.69, 9.17) is 9.72 Å². The summed E-state index contributed by atoms with van der Waals surface area (Å²) >= 11 is 0. The average Bonchev–Trinajstić information content (AvgIpc) is 3.51. The number of hydrogen-bond donors (Lipinski definition) is 0. The van der Waals surface area contributed by atoms with Gasteiger partial charge in [0.25, 0.3) is 0 Å². The van der Waals surface area contributed by atoms with E-state index in [0.29, 0.717) is 13.0 Å². The third kappa shape index (κ3) is 3.80. The summed E-state index contributed by atoms with van der Waals surface area (Å²) in [6.07, 6.45) is 5.48. The molecule has 1 amide bonds. The van der Waals surface area contributed by atoms with Crippen molar-refractivity contribution in [3.05, 3.63) is 42.0 Å². The number of benzene rings is 1. The van der Waals surface area contributed by atoms with Crippen LogP contribution in [-0.4, -0.2) is 58.5 Å². The fourth-order valence-corrected chi connectivity index (χ4v) is 6.97. The highest BCUT2D eigenvalue weighted by Crippen LogP contribution is 2.40. The third-order valence-corrected chi connectivity index (χ3v) is 8.64. The second kappa shape index (κ2) is 8.16. The summed E-state index contributed by atoms with van der Waals surface area (Å²) in [6, 6.07) is 5.70. The molecule has 0 N–H and O–H groups in total. The minimum absolute atomic E-state index is 0.0236. The standard InChI is InChI=1S/C23H29N5O4S/c1-15(13-26-11-4-10-24-26)22-25-21-18-6-5-16(2)27(23(29)32-3)19(18)7-8-20(21)28(22)17-9-12-33(30,31)14-17/h4,7-8,10-11,15-17H,5-6,9,12-14H2,1-3H3/t15?,16-,17?/m0/s1. The largest absolute Gasteiger partial charge is 0.452 e. The van der Waals surface area contributed by atoms with Gasteiger partial charge in [0.15, 0.2) is 9.84 Å². The SMILES string of the molecule is COC(=O)N1c2ccc3c(nc(C(C)Cn4cccn4)n3C3CCS(=O)(=O)C3)c2CC[C@@H]1C. The first-order chi connectivity index (χ1) is 15.8. The van der Waals surface area contributed by atoms with Gasteiger partial charge in [-0.25, -0.2) is 18.2 Å². The van der Waals surface area contributed by atoms with E-state index >= 15 is 0 Å². The molecule has 0 spiro atoms. The number of amides is 1. The highest BCUT2D eigenvalue weighted by atomic mass is 32.2. The zero-order valence-electron chi connectivity index (χ0n) is 19.1. The average molecular weight is 472 g/mol. The van der Waals surface area contributed by atoms with E-state index in [1.54, 1.807) is 11.1 Å². The van der Waals surface area contributed by atoms with Gasteiger partial charge in [0.05, 0.1) is 47.9 Å². The Balaban J connectivity index is 1.67. The molecular weight excluding hydrogens is 442 g/mol. The van der Waals surface area contributed by atoms with Crippen molar-refractivity contribution >= 4 is 32.7 Å². The van der Waals surface area contributed by atoms with Gasteiger partial charge in [-0.05, 0) is 44.4 Å². The second-order valence-corrected chi connectivity index (χ2v) is 11.4. The van der Waals surface area contributed by atoms with Gasteiger partial charge in [-0.15, -0.1) is 0 Å². The van der Waals surface area contributed by atoms with Crippen LogP contribution in [0.25, 0.3) is 11.0 Å². The molecule has 10 heteroatoms. The Hall–Kier alpha value is -2.88. The van der Waals surface area contributed by atoms with Gasteiger partial charge >= 0.3 is 6.09 Å². The van der Waals surface area contributed by atoms with Crippen molar-refractivity contribution in [3.8, 4) is 0 Å². The highest BCUT2D eigenvalue weighted by molar-refractivity contribution is 7.91. The van der Waals surface area contributed by atoms with Crippen LogP contribution in [0, 0.1) is 0 Å². The predicted molar refractivity (Wildman–Crippen MR) is 125 cm³/mol. The van der Waals surface area contributed by atoms with Crippen molar-refractivity contribution in [1.82, 2.24) is 19.3 Å². The van der Waals surface area contributed by atoms with Gasteiger partial charge in [0.2, 0.25) is 0 Å². The first-order valence-electron chi connectivity index (χ1n) is 11.4. The van der Waals surface area contributed by atoms with E-state index in [1.807, 2.05) is 36.0 Å². The third-order valence-electron chi connectivity index (χ3n) is 6.89. The lowest BCUT2D eigenvalue weighted by atomic mass is 9.95. The molecule has 3 aromatic rings. The van der Waals surface area contributed by atoms with Gasteiger partial charge in [-0.3, -0.25) is 9.58 Å². The highest BCUT2D eigenvalue weighted by Gasteiger charge is 2.35. The predicted octanol–water partition coefficient (Wildman–Crippen LogP) is 3.30. The molecule has 33 heavy (non-hydrogen) atoms. The number of carbonyl (C=O) groups excluding carboxylic acids is 1. The Labute approximate surface area is 193 Å². The number of methoxy groups -OCH3 is 1. The molecular formula is C23H29N5O4S. The number of hydrogen-bond acceptors (Lipinski definition) is 6. The molecule has 1 fully saturated rings. The van der Waals surface area contributed by atoms with Crippen molar-refractivity contribution in [2.45, 2.75) is 57.7 Å². The summed E-state index contributed by atoms with van der Waals surface area (Å²) in [7, 11) is -1.67. The number of ether oxygens (including phenoxy) is 1. The van der Waals surface area contributed by atoms with E-state index in [2.05, 4.69) is 16.6 Å². The topological polar surface area (TPSA) is 99.3 Å². The van der Waals surface area contributed by atoms with Crippen LogP contribution in [-0.2, 0) is 27.5 Å². The molecule has 0 saturated carbocycles. The van der Waals surface area contributed by atoms with Crippen molar-refractivity contribution in [3.63, 3.8) is 0 Å². The Kier molecular flexibility index (Phi) is 5.43. The van der Waals surface area contributed by atoms with Crippen LogP contribution < -0.4 is 4.90 Å². The van der Waals surface area contributed by atoms with Gasteiger partial charge in [-0.1, -0.05) is 6.92 Å². The van der Waals surface area contributed by atoms with Gasteiger partial charge < -0.3 is 9.30 Å². The van der Waals surface area contributed by atoms with Crippen LogP contribution >= 0.6 is 0 Å². The summed E-state index contributed by atoms with van der Waals surface area (Å²) in [6.45, 7) is 4.76. The summed E-state index contributed by atoms with van der Waals surface area (Å²) in [5, 5.41) is 4.33. The molecule has 1 aromatic carbocycles. The van der Waals surface area contributed by atoms with Crippen molar-refractivity contribution < 1.29 is 17.9 Å². The van der Waals surface area contributed by atoms with Gasteiger partial charge in [-0.2, -0.15) is 5.10 Å². The number of rotatable bonds is 4. The van der Waals surface area contributed by atoms with Crippen molar-refractivity contribution in [2.75, 3.05) is 23.5 Å². The smallest absolute Gasteiger partial charge is 0.414 e. The van der Waals surface area contributed by atoms with Crippen LogP contribution in [0.3, 0.4) is 0 Å². The lowest BCUT2D eigenvalue weighted by Crippen LogP contribution is -2.42. The molecule has 2 aliphatic heterocycles. The fraction of sp³-hybridized carbons (Fsp3) is 0.522. The summed E-state index contributed by atoms with van der Waals surface area (Å²) in [4.78, 5) is 19.3. The quantitative estimate of drug-likeness (QED) is 0.579. The van der Waals surface area contributed by atoms with Gasteiger partial charge in [0.1, 0.15) is 5.82 Å². The lowest BCUT2D eigenvalue weighted by molar-refractivity contribution is 0.175. The van der Waals surface area contributed by atoms with Crippen LogP contribution in [0.5, 0.6) is 0 Å². The monoisotopic (exact) mass is 471 g/mol. The molecule has 0 bridgehead atoms. The molecule has 0 radical (unpaired) electrons. The molecule has 4 heterocycles. The summed E-state index contributed by atoms with van der Waals surface area (Å²) in [5.74, 6) is 1.21. The second-order valence-electron chi connectivity index (χ2n) is 9.18. The van der Waals surface area contributed by atoms with Crippen LogP contribution in [0.4, 0.5) is 10.5 Å². The molecule has 3 atom stereocenters. The molecule has 176 valence electrons. The summed E-state index contributed by atoms with van der Waals surface area (Å²) in [5.41, 5.74) is 3.61. The number of aryl methyl sites for hydroxylation is 1. The number of imidazole rings is 1. The van der Waals surface area contributed by atoms with Crippen molar-refractivity contribution in [1.29, 1.82) is 0 Å². The number of sulfone groups is 1. The Morgan fingerprint density at radius 1 is 1.30 bits per heavy atom. The maximum absolute atomic E-state index is 12.5. The van der Waals surface area contributed by atoms with E-state index in [0.717, 1.165) is 41.0 Å². The van der Waals surface area contributed by atoms with E-state index < -0.39 is 9.84 Å². The van der Waals surface area contributed by atoms with E-state index in [9.17, 15) is 13.2 Å². The minimum atomic E-state index is -3.07. The molecule has 9 nitrogen and oxygen atoms in total. The lowest BCUT2D eigenvalue weighted by Gasteiger charge is -2.34. The van der Waals surface area contributed by atoms with E-state index in [1.165, 1.54) is 7.11 Å². The Morgan fingerprint density at radius 3 is 2.79 bits per heavy atom. The minimum Gasteiger partial charge on any atom is -0.452 e. The molecule has 2 aromatic heterocycles. The fourth-order valence-electron chi connectivity index (χ4n) is 5.27. The number of aromatic nitrogens is 4. The Morgan fingerprint density at radius 2 is 2.12 bits per heavy atom. The zero-order chi connectivity index (χ0) is 23.3. The summed E-state index contributed by atoms with van der Waals surface area (Å²) < 4.78 is 33.7. The van der Waals surface area contributed by atoms with Crippen LogP contribution in [0.1, 0.15) is 50.0 Å². The molecule has 1 saturated heterocycles. The number of nitrogens with zero attached hydrogens (tertiary/aromatic N) is 5. The maximum atomic E-state index is 12.5. The molecule has 2 aliphatic rings. The van der Waals surface area contributed by atoms with Gasteiger partial charge in [0, 0.05) is 29.9 Å². The first-order valence-corrected chi connectivity index (χ1v) is 13.2. The van der Waals surface area contributed by atoms with Crippen LogP contribution in [0.15, 0.2) is 30.6 Å². The molecule has 2 unspecified atom stereocenters. The normalized spacial score (nSPS) is 22.9. The Bertz CT molecular complexity index is 1300. The number of anilines is 1. The van der Waals surface area contributed by atoms with Crippen LogP contribution in [0.2, 0.25) is 0 Å². The molecule has 5 rings (SSSR count). The number of fused-ring (bicyclic) bond motifs is 3. The zero-order valence-corrected chi connectivity index (χ0v) is 20.0.